The molecule has 0 aromatic heterocycles. The molecule has 1 rings (SSSR count). The third-order valence-electron chi connectivity index (χ3n) is 1.93. The fourth-order valence-electron chi connectivity index (χ4n) is 1.01. The van der Waals surface area contributed by atoms with Crippen LogP contribution in [0, 0.1) is 0 Å². The van der Waals surface area contributed by atoms with Gasteiger partial charge in [0, 0.05) is 0 Å². The highest BCUT2D eigenvalue weighted by molar-refractivity contribution is 5.17. The highest BCUT2D eigenvalue weighted by atomic mass is 19.3. The molecule has 0 saturated heterocycles. The van der Waals surface area contributed by atoms with Gasteiger partial charge < -0.3 is 0 Å². The van der Waals surface area contributed by atoms with Gasteiger partial charge in [-0.1, -0.05) is 0 Å². The summed E-state index contributed by atoms with van der Waals surface area (Å²) >= 11 is 0. The van der Waals surface area contributed by atoms with E-state index in [9.17, 15) is 35.1 Å². The van der Waals surface area contributed by atoms with Crippen molar-refractivity contribution >= 4 is 0 Å². The first-order chi connectivity index (χ1) is 6.53. The van der Waals surface area contributed by atoms with Crippen molar-refractivity contribution in [3.63, 3.8) is 0 Å². The largest absolute Gasteiger partial charge is 0.350 e. The van der Waals surface area contributed by atoms with E-state index in [1.54, 1.807) is 0 Å². The molecule has 0 amide bonds. The summed E-state index contributed by atoms with van der Waals surface area (Å²) in [5.41, 5.74) is 0. The van der Waals surface area contributed by atoms with Crippen LogP contribution in [-0.4, -0.2) is 30.1 Å². The summed E-state index contributed by atoms with van der Waals surface area (Å²) in [5.74, 6) is -16.1. The second kappa shape index (κ2) is 3.08. The minimum atomic E-state index is -5.76. The van der Waals surface area contributed by atoms with Crippen LogP contribution in [0.5, 0.6) is 0 Å². The quantitative estimate of drug-likeness (QED) is 0.450. The van der Waals surface area contributed by atoms with Crippen molar-refractivity contribution in [2.45, 2.75) is 30.1 Å². The number of allylic oxidation sites excluding steroid dienone is 2. The number of hydrogen-bond donors (Lipinski definition) is 0. The Morgan fingerprint density at radius 1 is 0.800 bits per heavy atom. The van der Waals surface area contributed by atoms with Gasteiger partial charge in [0.2, 0.25) is 6.17 Å². The molecule has 2 atom stereocenters. The van der Waals surface area contributed by atoms with E-state index in [0.29, 0.717) is 0 Å². The molecule has 0 radical (unpaired) electrons. The molecule has 88 valence electrons. The van der Waals surface area contributed by atoms with Crippen LogP contribution in [-0.2, 0) is 0 Å². The Bertz CT molecular complexity index is 281. The van der Waals surface area contributed by atoms with E-state index < -0.39 is 42.3 Å². The summed E-state index contributed by atoms with van der Waals surface area (Å²) in [5, 5.41) is 0. The molecular formula is C7H4F8. The lowest BCUT2D eigenvalue weighted by Crippen LogP contribution is -2.56. The minimum absolute atomic E-state index is 0.465. The van der Waals surface area contributed by atoms with Crippen LogP contribution in [0.2, 0.25) is 0 Å². The predicted molar refractivity (Wildman–Crippen MR) is 33.8 cm³/mol. The molecule has 0 bridgehead atoms. The van der Waals surface area contributed by atoms with Crippen molar-refractivity contribution in [2.75, 3.05) is 0 Å². The van der Waals surface area contributed by atoms with Crippen LogP contribution in [0.3, 0.4) is 0 Å². The number of hydrogen-bond acceptors (Lipinski definition) is 0. The zero-order valence-electron chi connectivity index (χ0n) is 6.83. The Morgan fingerprint density at radius 2 is 1.27 bits per heavy atom. The van der Waals surface area contributed by atoms with Crippen molar-refractivity contribution in [3.05, 3.63) is 12.2 Å². The fraction of sp³-hybridized carbons (Fsp3) is 0.714. The lowest BCUT2D eigenvalue weighted by molar-refractivity contribution is -0.278. The number of halogens is 8. The second-order valence-corrected chi connectivity index (χ2v) is 3.04. The van der Waals surface area contributed by atoms with Gasteiger partial charge in [0.05, 0.1) is 0 Å². The van der Waals surface area contributed by atoms with Gasteiger partial charge in [0.1, 0.15) is 0 Å². The lowest BCUT2D eigenvalue weighted by atomic mass is 10.0. The Hall–Kier alpha value is -0.820. The van der Waals surface area contributed by atoms with E-state index in [1.165, 1.54) is 0 Å². The number of alkyl halides is 8. The maximum absolute atomic E-state index is 12.5. The van der Waals surface area contributed by atoms with Gasteiger partial charge in [-0.25, -0.2) is 8.78 Å². The Kier molecular flexibility index (Phi) is 2.52. The molecule has 0 fully saturated rings. The second-order valence-electron chi connectivity index (χ2n) is 3.04. The molecule has 0 aliphatic heterocycles. The monoisotopic (exact) mass is 240 g/mol. The molecule has 0 nitrogen and oxygen atoms in total. The molecule has 1 aliphatic carbocycles. The topological polar surface area (TPSA) is 0 Å². The van der Waals surface area contributed by atoms with Crippen LogP contribution in [0.15, 0.2) is 12.2 Å². The van der Waals surface area contributed by atoms with Gasteiger partial charge >= 0.3 is 17.8 Å². The molecule has 8 heteroatoms. The molecule has 2 unspecified atom stereocenters. The van der Waals surface area contributed by atoms with Gasteiger partial charge in [0.15, 0.2) is 6.17 Å². The van der Waals surface area contributed by atoms with Gasteiger partial charge in [0.25, 0.3) is 0 Å². The fourth-order valence-corrected chi connectivity index (χ4v) is 1.01. The van der Waals surface area contributed by atoms with E-state index in [0.717, 1.165) is 0 Å². The third kappa shape index (κ3) is 1.59. The minimum Gasteiger partial charge on any atom is -0.236 e. The van der Waals surface area contributed by atoms with Gasteiger partial charge in [-0.2, -0.15) is 26.3 Å². The average Bonchev–Trinajstić information content (AvgIpc) is 2.14. The molecule has 0 N–H and O–H groups in total. The van der Waals surface area contributed by atoms with Gasteiger partial charge in [-0.05, 0) is 12.2 Å². The van der Waals surface area contributed by atoms with Crippen LogP contribution in [0.4, 0.5) is 35.1 Å². The van der Waals surface area contributed by atoms with E-state index in [4.69, 9.17) is 0 Å². The Balaban J connectivity index is 3.27. The van der Waals surface area contributed by atoms with Crippen LogP contribution < -0.4 is 0 Å². The molecule has 15 heavy (non-hydrogen) atoms. The highest BCUT2D eigenvalue weighted by Gasteiger charge is 2.72. The van der Waals surface area contributed by atoms with E-state index >= 15 is 0 Å². The van der Waals surface area contributed by atoms with Gasteiger partial charge in [-0.3, -0.25) is 0 Å². The van der Waals surface area contributed by atoms with Crippen molar-refractivity contribution in [3.8, 4) is 0 Å². The van der Waals surface area contributed by atoms with Crippen molar-refractivity contribution in [1.82, 2.24) is 0 Å². The van der Waals surface area contributed by atoms with E-state index in [1.807, 2.05) is 0 Å². The molecule has 0 spiro atoms. The van der Waals surface area contributed by atoms with E-state index in [-0.39, 0.29) is 0 Å². The summed E-state index contributed by atoms with van der Waals surface area (Å²) in [6.45, 7) is 0. The SMILES string of the molecule is FC1C=CC(F)(F)C(F)C(F)(F)C1(F)F. The summed E-state index contributed by atoms with van der Waals surface area (Å²) in [6, 6.07) is 0. The normalized spacial score (nSPS) is 37.3. The van der Waals surface area contributed by atoms with Gasteiger partial charge in [-0.15, -0.1) is 0 Å². The zero-order chi connectivity index (χ0) is 12.1. The van der Waals surface area contributed by atoms with Crippen molar-refractivity contribution in [2.24, 2.45) is 0 Å². The standard InChI is InChI=1S/C7H4F8/c8-3-1-2-5(10,11)4(9)7(14,15)6(3,12)13/h1-4H. The maximum Gasteiger partial charge on any atom is 0.350 e. The number of rotatable bonds is 0. The molecule has 0 heterocycles. The maximum atomic E-state index is 12.5. The van der Waals surface area contributed by atoms with Crippen molar-refractivity contribution in [1.29, 1.82) is 0 Å². The summed E-state index contributed by atoms with van der Waals surface area (Å²) < 4.78 is 99.7. The zero-order valence-corrected chi connectivity index (χ0v) is 6.83. The first-order valence-electron chi connectivity index (χ1n) is 3.64. The third-order valence-corrected chi connectivity index (χ3v) is 1.93. The van der Waals surface area contributed by atoms with Crippen molar-refractivity contribution < 1.29 is 35.1 Å². The predicted octanol–water partition coefficient (Wildman–Crippen LogP) is 3.14. The molecule has 0 aromatic carbocycles. The Labute approximate surface area is 78.6 Å². The summed E-state index contributed by atoms with van der Waals surface area (Å²) in [4.78, 5) is 0. The van der Waals surface area contributed by atoms with E-state index in [2.05, 4.69) is 0 Å². The molecule has 0 saturated carbocycles. The Morgan fingerprint density at radius 3 is 1.73 bits per heavy atom. The smallest absolute Gasteiger partial charge is 0.236 e. The highest BCUT2D eigenvalue weighted by Crippen LogP contribution is 2.49. The first kappa shape index (κ1) is 12.3. The van der Waals surface area contributed by atoms with Crippen LogP contribution in [0.25, 0.3) is 0 Å². The molecular weight excluding hydrogens is 236 g/mol. The first-order valence-corrected chi connectivity index (χ1v) is 3.64. The van der Waals surface area contributed by atoms with Crippen LogP contribution >= 0.6 is 0 Å². The summed E-state index contributed by atoms with van der Waals surface area (Å²) in [7, 11) is 0. The average molecular weight is 240 g/mol. The molecule has 0 aromatic rings. The lowest BCUT2D eigenvalue weighted by Gasteiger charge is -2.30. The van der Waals surface area contributed by atoms with Crippen LogP contribution in [0.1, 0.15) is 0 Å². The molecule has 1 aliphatic rings. The summed E-state index contributed by atoms with van der Waals surface area (Å²) in [6.07, 6.45) is -9.19.